The van der Waals surface area contributed by atoms with Crippen LogP contribution in [0.25, 0.3) is 0 Å². The Morgan fingerprint density at radius 1 is 1.39 bits per heavy atom. The van der Waals surface area contributed by atoms with Gasteiger partial charge in [-0.3, -0.25) is 0 Å². The van der Waals surface area contributed by atoms with Crippen molar-refractivity contribution in [2.75, 3.05) is 6.61 Å². The van der Waals surface area contributed by atoms with Gasteiger partial charge in [-0.15, -0.1) is 0 Å². The van der Waals surface area contributed by atoms with Crippen molar-refractivity contribution in [1.29, 1.82) is 0 Å². The van der Waals surface area contributed by atoms with Crippen LogP contribution >= 0.6 is 0 Å². The van der Waals surface area contributed by atoms with Crippen molar-refractivity contribution < 1.29 is 4.74 Å². The van der Waals surface area contributed by atoms with E-state index in [1.54, 1.807) is 0 Å². The van der Waals surface area contributed by atoms with E-state index >= 15 is 0 Å². The third-order valence-corrected chi connectivity index (χ3v) is 3.48. The van der Waals surface area contributed by atoms with E-state index in [2.05, 4.69) is 30.2 Å². The van der Waals surface area contributed by atoms with Crippen molar-refractivity contribution in [2.45, 2.75) is 52.1 Å². The summed E-state index contributed by atoms with van der Waals surface area (Å²) in [7, 11) is 0. The summed E-state index contributed by atoms with van der Waals surface area (Å²) in [5.74, 6) is 1.54. The minimum absolute atomic E-state index is 0.480. The molecule has 1 aliphatic carbocycles. The number of nitrogens with one attached hydrogen (secondary N) is 1. The van der Waals surface area contributed by atoms with Gasteiger partial charge in [-0.1, -0.05) is 32.8 Å². The van der Waals surface area contributed by atoms with Crippen molar-refractivity contribution in [1.82, 2.24) is 10.3 Å². The van der Waals surface area contributed by atoms with Gasteiger partial charge in [0, 0.05) is 24.3 Å². The Morgan fingerprint density at radius 3 is 2.89 bits per heavy atom. The van der Waals surface area contributed by atoms with E-state index in [1.165, 1.54) is 25.7 Å². The minimum Gasteiger partial charge on any atom is -0.477 e. The maximum absolute atomic E-state index is 5.90. The van der Waals surface area contributed by atoms with Crippen LogP contribution in [0.2, 0.25) is 0 Å². The molecule has 3 heteroatoms. The van der Waals surface area contributed by atoms with Crippen LogP contribution < -0.4 is 10.1 Å². The van der Waals surface area contributed by atoms with E-state index in [-0.39, 0.29) is 0 Å². The lowest BCUT2D eigenvalue weighted by molar-refractivity contribution is 0.240. The van der Waals surface area contributed by atoms with Crippen molar-refractivity contribution in [3.63, 3.8) is 0 Å². The summed E-state index contributed by atoms with van der Waals surface area (Å²) < 4.78 is 5.90. The normalized spacial score (nSPS) is 16.4. The smallest absolute Gasteiger partial charge is 0.217 e. The van der Waals surface area contributed by atoms with E-state index in [0.717, 1.165) is 30.5 Å². The molecule has 1 aliphatic rings. The number of nitrogens with zero attached hydrogens (tertiary/aromatic N) is 1. The molecule has 1 aromatic rings. The molecule has 1 aromatic heterocycles. The van der Waals surface area contributed by atoms with Crippen molar-refractivity contribution in [3.8, 4) is 5.88 Å². The largest absolute Gasteiger partial charge is 0.477 e. The fraction of sp³-hybridized carbons (Fsp3) is 0.667. The molecule has 2 rings (SSSR count). The molecule has 1 N–H and O–H groups in total. The first kappa shape index (κ1) is 13.3. The molecule has 3 nitrogen and oxygen atoms in total. The molecular formula is C15H24N2O. The lowest BCUT2D eigenvalue weighted by atomic mass is 10.1. The SMILES string of the molecule is CC(C)NCc1cccnc1OCC1CCCC1. The fourth-order valence-corrected chi connectivity index (χ4v) is 2.38. The second kappa shape index (κ2) is 6.74. The first-order valence-electron chi connectivity index (χ1n) is 7.06. The third kappa shape index (κ3) is 3.98. The van der Waals surface area contributed by atoms with Crippen LogP contribution in [0.4, 0.5) is 0 Å². The van der Waals surface area contributed by atoms with Gasteiger partial charge >= 0.3 is 0 Å². The zero-order valence-corrected chi connectivity index (χ0v) is 11.5. The average Bonchev–Trinajstić information content (AvgIpc) is 2.88. The molecule has 18 heavy (non-hydrogen) atoms. The first-order chi connectivity index (χ1) is 8.75. The predicted molar refractivity (Wildman–Crippen MR) is 73.7 cm³/mol. The Labute approximate surface area is 110 Å². The maximum atomic E-state index is 5.90. The van der Waals surface area contributed by atoms with Crippen LogP contribution in [0.5, 0.6) is 5.88 Å². The molecule has 0 spiro atoms. The van der Waals surface area contributed by atoms with Gasteiger partial charge in [-0.2, -0.15) is 0 Å². The Morgan fingerprint density at radius 2 is 2.17 bits per heavy atom. The number of pyridine rings is 1. The molecule has 0 radical (unpaired) electrons. The fourth-order valence-electron chi connectivity index (χ4n) is 2.38. The van der Waals surface area contributed by atoms with Crippen LogP contribution in [0.1, 0.15) is 45.1 Å². The van der Waals surface area contributed by atoms with Gasteiger partial charge in [-0.25, -0.2) is 4.98 Å². The third-order valence-electron chi connectivity index (χ3n) is 3.48. The summed E-state index contributed by atoms with van der Waals surface area (Å²) in [5.41, 5.74) is 1.16. The lowest BCUT2D eigenvalue weighted by Crippen LogP contribution is -2.22. The molecule has 1 saturated carbocycles. The highest BCUT2D eigenvalue weighted by molar-refractivity contribution is 5.25. The highest BCUT2D eigenvalue weighted by atomic mass is 16.5. The molecule has 0 atom stereocenters. The van der Waals surface area contributed by atoms with Gasteiger partial charge < -0.3 is 10.1 Å². The molecular weight excluding hydrogens is 224 g/mol. The summed E-state index contributed by atoms with van der Waals surface area (Å²) in [5, 5.41) is 3.41. The van der Waals surface area contributed by atoms with Crippen LogP contribution in [-0.2, 0) is 6.54 Å². The van der Waals surface area contributed by atoms with Gasteiger partial charge in [0.1, 0.15) is 0 Å². The molecule has 100 valence electrons. The topological polar surface area (TPSA) is 34.2 Å². The van der Waals surface area contributed by atoms with Crippen molar-refractivity contribution >= 4 is 0 Å². The average molecular weight is 248 g/mol. The molecule has 0 aromatic carbocycles. The molecule has 0 amide bonds. The highest BCUT2D eigenvalue weighted by Gasteiger charge is 2.16. The number of hydrogen-bond acceptors (Lipinski definition) is 3. The molecule has 0 saturated heterocycles. The number of hydrogen-bond donors (Lipinski definition) is 1. The van der Waals surface area contributed by atoms with E-state index in [1.807, 2.05) is 12.3 Å². The summed E-state index contributed by atoms with van der Waals surface area (Å²) in [6.07, 6.45) is 7.15. The molecule has 1 fully saturated rings. The lowest BCUT2D eigenvalue weighted by Gasteiger charge is -2.14. The standard InChI is InChI=1S/C15H24N2O/c1-12(2)17-10-14-8-5-9-16-15(14)18-11-13-6-3-4-7-13/h5,8-9,12-13,17H,3-4,6-7,10-11H2,1-2H3. The minimum atomic E-state index is 0.480. The van der Waals surface area contributed by atoms with E-state index < -0.39 is 0 Å². The molecule has 0 aliphatic heterocycles. The number of ether oxygens (including phenoxy) is 1. The first-order valence-corrected chi connectivity index (χ1v) is 7.06. The number of rotatable bonds is 6. The monoisotopic (exact) mass is 248 g/mol. The predicted octanol–water partition coefficient (Wildman–Crippen LogP) is 3.15. The van der Waals surface area contributed by atoms with Gasteiger partial charge in [0.2, 0.25) is 5.88 Å². The second-order valence-electron chi connectivity index (χ2n) is 5.46. The van der Waals surface area contributed by atoms with Crippen LogP contribution in [-0.4, -0.2) is 17.6 Å². The van der Waals surface area contributed by atoms with Gasteiger partial charge in [-0.05, 0) is 24.8 Å². The maximum Gasteiger partial charge on any atom is 0.217 e. The van der Waals surface area contributed by atoms with Gasteiger partial charge in [0.15, 0.2) is 0 Å². The summed E-state index contributed by atoms with van der Waals surface area (Å²) in [6, 6.07) is 4.54. The van der Waals surface area contributed by atoms with E-state index in [4.69, 9.17) is 4.74 Å². The Hall–Kier alpha value is -1.09. The van der Waals surface area contributed by atoms with Gasteiger partial charge in [0.05, 0.1) is 6.61 Å². The molecule has 0 bridgehead atoms. The Bertz CT molecular complexity index is 359. The molecule has 0 unspecified atom stereocenters. The van der Waals surface area contributed by atoms with Crippen LogP contribution in [0, 0.1) is 5.92 Å². The quantitative estimate of drug-likeness (QED) is 0.839. The summed E-state index contributed by atoms with van der Waals surface area (Å²) in [6.45, 7) is 5.95. The van der Waals surface area contributed by atoms with Crippen LogP contribution in [0.15, 0.2) is 18.3 Å². The molecule has 1 heterocycles. The van der Waals surface area contributed by atoms with Gasteiger partial charge in [0.25, 0.3) is 0 Å². The zero-order valence-electron chi connectivity index (χ0n) is 11.5. The zero-order chi connectivity index (χ0) is 12.8. The van der Waals surface area contributed by atoms with E-state index in [9.17, 15) is 0 Å². The summed E-state index contributed by atoms with van der Waals surface area (Å²) in [4.78, 5) is 4.36. The highest BCUT2D eigenvalue weighted by Crippen LogP contribution is 2.25. The Kier molecular flexibility index (Phi) is 5.00. The second-order valence-corrected chi connectivity index (χ2v) is 5.46. The van der Waals surface area contributed by atoms with Crippen molar-refractivity contribution in [3.05, 3.63) is 23.9 Å². The van der Waals surface area contributed by atoms with Crippen molar-refractivity contribution in [2.24, 2.45) is 5.92 Å². The number of aromatic nitrogens is 1. The Balaban J connectivity index is 1.89. The summed E-state index contributed by atoms with van der Waals surface area (Å²) >= 11 is 0. The van der Waals surface area contributed by atoms with Crippen LogP contribution in [0.3, 0.4) is 0 Å². The van der Waals surface area contributed by atoms with E-state index in [0.29, 0.717) is 6.04 Å².